The van der Waals surface area contributed by atoms with Gasteiger partial charge in [0.2, 0.25) is 60.3 Å². The van der Waals surface area contributed by atoms with Crippen molar-refractivity contribution < 1.29 is 262 Å². The summed E-state index contributed by atoms with van der Waals surface area (Å²) in [4.78, 5) is 154. The third-order valence-electron chi connectivity index (χ3n) is 26.8. The number of likely N-dealkylation sites (tertiary alicyclic amines) is 3. The van der Waals surface area contributed by atoms with Crippen molar-refractivity contribution in [2.45, 2.75) is 259 Å². The van der Waals surface area contributed by atoms with Crippen LogP contribution in [0.2, 0.25) is 0 Å². The Balaban J connectivity index is 0.000000583. The third kappa shape index (κ3) is 42.3. The average molecular weight is 2950 g/mol. The number of hydrogen-bond donors (Lipinski definition) is 3. The second-order valence-corrected chi connectivity index (χ2v) is 45.0. The number of hydrogen-bond acceptors (Lipinski definition) is 38. The maximum atomic E-state index is 13.5. The van der Waals surface area contributed by atoms with Crippen molar-refractivity contribution in [2.75, 3.05) is 118 Å². The predicted molar refractivity (Wildman–Crippen MR) is 551 cm³/mol. The number of methoxy groups -OCH3 is 8. The first-order valence-electron chi connectivity index (χ1n) is 49.6. The molecule has 0 bridgehead atoms. The number of benzene rings is 3. The molecule has 35 nitrogen and oxygen atoms in total. The number of aldehydes is 1. The van der Waals surface area contributed by atoms with Crippen molar-refractivity contribution in [3.05, 3.63) is 112 Å². The van der Waals surface area contributed by atoms with Crippen LogP contribution in [0.1, 0.15) is 182 Å². The van der Waals surface area contributed by atoms with Crippen LogP contribution in [0.4, 0.5) is 0 Å². The Bertz CT molecular complexity index is 4520. The summed E-state index contributed by atoms with van der Waals surface area (Å²) in [6.07, 6.45) is 22.1. The molecule has 0 aromatic heterocycles. The Morgan fingerprint density at radius 2 is 0.804 bits per heavy atom. The van der Waals surface area contributed by atoms with Crippen LogP contribution < -0.4 is 3.12 Å². The number of carbonyl (C=O) groups is 12. The summed E-state index contributed by atoms with van der Waals surface area (Å²) in [5.41, 5.74) is 3.37. The van der Waals surface area contributed by atoms with Crippen molar-refractivity contribution in [1.82, 2.24) is 29.4 Å². The summed E-state index contributed by atoms with van der Waals surface area (Å²) >= 11 is 1.13. The van der Waals surface area contributed by atoms with Crippen LogP contribution in [0, 0.1) is 165 Å². The second kappa shape index (κ2) is 73.0. The number of aryl methyl sites for hydroxylation is 3. The van der Waals surface area contributed by atoms with Crippen molar-refractivity contribution in [3.63, 3.8) is 0 Å². The van der Waals surface area contributed by atoms with Gasteiger partial charge in [-0.3, -0.25) is 57.9 Å². The maximum Gasteiger partial charge on any atom is 0.345 e. The largest absolute Gasteiger partial charge is 0.468 e. The molecule has 1 unspecified atom stereocenters. The fourth-order valence-electron chi connectivity index (χ4n) is 19.0. The van der Waals surface area contributed by atoms with E-state index in [1.54, 1.807) is 35.2 Å². The van der Waals surface area contributed by atoms with Crippen LogP contribution in [-0.4, -0.2) is 374 Å². The standard InChI is InChI=1S/C18H23BNO4S.C17H23BNO2S.C13H23BNO5S.C13H21BNO5S.C11H17BNO4S.C8H15BNO2S.C7H7.C5H8O4.3Ac.3H2O.Pb/c1-12-6-8-13(9-7-12)18(17(22)23-2)10-14-4-3-5-15(11-24-25-19)20(14)16(18)21;1-12-6-8-13(9-7-12)17(2)10-14-4-3-5-15(11-21-22-18)19(14)16(17)20;2*1-15-9(5-4-6-10(15)8-20-21-14)7-11(12(16)18-2)13(17)19-3;1-16-11(15)9-5-7-3-2-4-8(6-17-18-12)13(7)10(9)14;1-10-7(5-11)3-2-4-8(10)6-12-13-9;1-7-5-3-2-4-6-7;1-8-4(6)3-5(7)9-2;;;;;;;/h6-9,14-15,19H,3-5,10-11H2,1-2H3;6-9,14-15,18H,3-5,10-11H2,1-2H3;9-11,14H,4-8H2,1-3H3;7,9-10,14H,4-6,8H2,1-3H3;7-9,12H,2-6H2,1H3;5,7-9H,2-4,6H2,1H3;3-6H,1H3;3H2,1-2H3;;;;3*1H2;/q;;;;;;;;;;;;;;+3/p-3/t14-,15-,18-;14-,15-,17+;2*9-,10-;7-,8-,9?;7-,8-;;;;;;;;;/m111111........./s1/i19T;18T;2*14T;12T;9T;;;;;;;;;. The molecule has 9 aliphatic heterocycles. The van der Waals surface area contributed by atoms with Gasteiger partial charge in [-0.2, -0.15) is 0 Å². The fourth-order valence-corrected chi connectivity index (χ4v) is 22.8. The van der Waals surface area contributed by atoms with E-state index in [1.165, 1.54) is 76.6 Å². The van der Waals surface area contributed by atoms with Crippen LogP contribution in [0.3, 0.4) is 0 Å². The van der Waals surface area contributed by atoms with E-state index in [0.717, 1.165) is 245 Å². The van der Waals surface area contributed by atoms with Crippen molar-refractivity contribution in [2.24, 2.45) is 11.8 Å². The molecule has 51 heteroatoms. The van der Waals surface area contributed by atoms with E-state index in [0.29, 0.717) is 79.7 Å². The van der Waals surface area contributed by atoms with E-state index in [1.807, 2.05) is 64.2 Å². The quantitative estimate of drug-likeness (QED) is 0.00682. The smallest absolute Gasteiger partial charge is 0.345 e. The van der Waals surface area contributed by atoms with Crippen molar-refractivity contribution in [1.29, 1.82) is 8.01 Å². The Labute approximate surface area is 998 Å². The first kappa shape index (κ1) is 127. The molecule has 9 fully saturated rings. The van der Waals surface area contributed by atoms with E-state index in [9.17, 15) is 57.5 Å². The Kier molecular flexibility index (Phi) is 64.7. The summed E-state index contributed by atoms with van der Waals surface area (Å²) in [6.45, 7) is 10.9. The van der Waals surface area contributed by atoms with Gasteiger partial charge in [0.1, 0.15) is 24.2 Å². The Hall–Kier alpha value is -1.50. The minimum atomic E-state index is -4.86. The molecule has 9 radical (unpaired) electrons. The minimum absolute atomic E-state index is 0. The minimum Gasteiger partial charge on any atom is -0.468 e. The molecule has 9 saturated heterocycles. The van der Waals surface area contributed by atoms with Crippen molar-refractivity contribution >= 4 is 211 Å². The number of ether oxygens (including phenoxy) is 8. The average Bonchev–Trinajstić information content (AvgIpc) is 1.58. The van der Waals surface area contributed by atoms with Gasteiger partial charge in [-0.05, 0) is 202 Å². The monoisotopic (exact) mass is 2950 g/mol. The van der Waals surface area contributed by atoms with Crippen LogP contribution in [0.25, 0.3) is 0 Å². The number of nitrogens with zero attached hydrogens (tertiary/aromatic N) is 6. The van der Waals surface area contributed by atoms with Crippen LogP contribution in [0.5, 0.6) is 0 Å². The fraction of sp³-hybridized carbons (Fsp3) is 0.652. The molecule has 143 heavy (non-hydrogen) atoms. The van der Waals surface area contributed by atoms with Crippen LogP contribution in [-0.2, 0) is 131 Å². The first-order chi connectivity index (χ1) is 69.9. The zero-order valence-electron chi connectivity index (χ0n) is 90.5. The van der Waals surface area contributed by atoms with Gasteiger partial charge < -0.3 is 82.5 Å². The van der Waals surface area contributed by atoms with Gasteiger partial charge in [-0.1, -0.05) is 137 Å². The molecule has 779 valence electrons. The number of rotatable bonds is 39. The number of carbonyl (C=O) groups excluding carboxylic acids is 12. The molecule has 0 spiro atoms. The topological polar surface area (TPSA) is 414 Å². The number of amides is 3. The zero-order chi connectivity index (χ0) is 108. The molecule has 3 N–H and O–H groups in total. The van der Waals surface area contributed by atoms with Crippen LogP contribution >= 0.6 is 71.4 Å². The normalized spacial score (nSPS) is 25.0. The molecule has 15 atom stereocenters. The van der Waals surface area contributed by atoms with Crippen molar-refractivity contribution in [3.8, 4) is 0 Å². The second-order valence-electron chi connectivity index (χ2n) is 35.3. The predicted octanol–water partition coefficient (Wildman–Crippen LogP) is 5.96. The molecular formula is C92H140Ac3B6N6O29PbS6. The molecule has 9 heterocycles. The summed E-state index contributed by atoms with van der Waals surface area (Å²) in [6, 6.07) is 23.8. The zero-order valence-corrected chi connectivity index (χ0v) is 107. The number of fused-ring (bicyclic) bond motifs is 3. The van der Waals surface area contributed by atoms with Gasteiger partial charge in [-0.25, -0.2) is 9.59 Å². The molecule has 0 aliphatic carbocycles. The van der Waals surface area contributed by atoms with E-state index >= 15 is 0 Å². The molecular weight excluding hydrogens is 2800 g/mol. The summed E-state index contributed by atoms with van der Waals surface area (Å²) in [5.74, 6) is -6.22. The van der Waals surface area contributed by atoms with E-state index in [2.05, 4.69) is 76.7 Å². The first-order valence-corrected chi connectivity index (χ1v) is 58.1. The summed E-state index contributed by atoms with van der Waals surface area (Å²) < 4.78 is 137. The molecule has 0 saturated carbocycles. The maximum absolute atomic E-state index is 13.5. The third-order valence-corrected chi connectivity index (χ3v) is 32.8. The molecule has 3 aromatic rings. The van der Waals surface area contributed by atoms with E-state index in [-0.39, 0.29) is 222 Å². The molecule has 9 aliphatic rings. The van der Waals surface area contributed by atoms with Gasteiger partial charge >= 0.3 is 119 Å². The summed E-state index contributed by atoms with van der Waals surface area (Å²) in [7, 11) is 22.8. The van der Waals surface area contributed by atoms with Gasteiger partial charge in [0.05, 0.1) is 126 Å². The van der Waals surface area contributed by atoms with Crippen LogP contribution in [0.15, 0.2) is 84.4 Å². The van der Waals surface area contributed by atoms with Gasteiger partial charge in [0, 0.05) is 181 Å². The number of esters is 8. The van der Waals surface area contributed by atoms with E-state index in [4.69, 9.17) is 61.2 Å². The van der Waals surface area contributed by atoms with Gasteiger partial charge in [0.15, 0.2) is 11.3 Å². The summed E-state index contributed by atoms with van der Waals surface area (Å²) in [5, 5.41) is 0. The number of piperidine rings is 6. The Morgan fingerprint density at radius 1 is 0.441 bits per heavy atom. The number of likely N-dealkylation sites (N-methyl/N-ethyl adjacent to an activating group) is 3. The molecule has 12 rings (SSSR count). The van der Waals surface area contributed by atoms with Gasteiger partial charge in [-0.15, -0.1) is 0 Å². The molecule has 3 aromatic carbocycles. The molecule has 3 amide bonds. The SMILES string of the molecule is COC(=O)CC(=O)OC.Cc1cc[c]([Pb]([OH])([OH])[OH])cc1.[3H][B]SOC[C@H]1CCC[C@@H]2CC(C(=O)OC)C(=O)N12.[3H][B]SOC[C@H]1CCC[C@@H]2C[C@@](C(=O)OC)(c3ccc(C)cc3)C(=O)N12.[3H][B]SOC[C@H]1CCC[C@@H]2C[C@@](C)(c3ccc(C)cc3)C(=O)N12.[3H][B]SOC[C@H]1CCC[C@H](C=C(C(=O)OC)C(=O)OC)N1C.[3H][B]SOC[C@H]1CCC[C@H](C=O)N1C.[3H][B]SOC[C@H]1CCC[C@H](CC(C(=O)OC)C(=O)OC)N1C.[Ac].[Ac].[Ac]. The van der Waals surface area contributed by atoms with Gasteiger partial charge in [0.25, 0.3) is 0 Å². The van der Waals surface area contributed by atoms with E-state index < -0.39 is 93.0 Å². The Morgan fingerprint density at radius 3 is 1.21 bits per heavy atom.